The Morgan fingerprint density at radius 3 is 2.56 bits per heavy atom. The van der Waals surface area contributed by atoms with Gasteiger partial charge in [0.1, 0.15) is 5.75 Å². The summed E-state index contributed by atoms with van der Waals surface area (Å²) in [4.78, 5) is 0. The lowest BCUT2D eigenvalue weighted by Gasteiger charge is -2.16. The highest BCUT2D eigenvalue weighted by Gasteiger charge is 2.15. The van der Waals surface area contributed by atoms with E-state index >= 15 is 0 Å². The largest absolute Gasteiger partial charge is 0.494 e. The first-order chi connectivity index (χ1) is 8.76. The summed E-state index contributed by atoms with van der Waals surface area (Å²) in [6, 6.07) is 8.15. The van der Waals surface area contributed by atoms with Crippen LogP contribution in [0.5, 0.6) is 5.75 Å². The average molecular weight is 246 g/mol. The van der Waals surface area contributed by atoms with Crippen LogP contribution in [0.15, 0.2) is 30.5 Å². The molecule has 0 fully saturated rings. The third-order valence-corrected chi connectivity index (χ3v) is 2.86. The van der Waals surface area contributed by atoms with Crippen LogP contribution < -0.4 is 10.1 Å². The molecule has 2 aromatic rings. The van der Waals surface area contributed by atoms with Crippen LogP contribution in [0.25, 0.3) is 0 Å². The number of aryl methyl sites for hydroxylation is 1. The number of aromatic nitrogens is 3. The number of rotatable bonds is 5. The Hall–Kier alpha value is -1.88. The van der Waals surface area contributed by atoms with Crippen molar-refractivity contribution in [1.82, 2.24) is 20.3 Å². The van der Waals surface area contributed by atoms with Gasteiger partial charge in [0, 0.05) is 7.05 Å². The van der Waals surface area contributed by atoms with Gasteiger partial charge < -0.3 is 10.1 Å². The normalized spacial score (nSPS) is 12.4. The lowest BCUT2D eigenvalue weighted by molar-refractivity contribution is 0.340. The highest BCUT2D eigenvalue weighted by molar-refractivity contribution is 5.32. The van der Waals surface area contributed by atoms with E-state index in [1.807, 2.05) is 33.2 Å². The molecule has 1 unspecified atom stereocenters. The van der Waals surface area contributed by atoms with Crippen molar-refractivity contribution >= 4 is 0 Å². The van der Waals surface area contributed by atoms with E-state index in [1.165, 1.54) is 0 Å². The van der Waals surface area contributed by atoms with Gasteiger partial charge in [-0.15, -0.1) is 5.10 Å². The quantitative estimate of drug-likeness (QED) is 0.869. The maximum atomic E-state index is 5.44. The lowest BCUT2D eigenvalue weighted by atomic mass is 10.0. The number of nitrogens with zero attached hydrogens (tertiary/aromatic N) is 3. The summed E-state index contributed by atoms with van der Waals surface area (Å²) in [7, 11) is 3.81. The van der Waals surface area contributed by atoms with Crippen molar-refractivity contribution in [1.29, 1.82) is 0 Å². The second-order valence-electron chi connectivity index (χ2n) is 4.01. The molecule has 0 aliphatic rings. The molecule has 18 heavy (non-hydrogen) atoms. The zero-order chi connectivity index (χ0) is 13.0. The minimum atomic E-state index is 0.0840. The maximum Gasteiger partial charge on any atom is 0.119 e. The summed E-state index contributed by atoms with van der Waals surface area (Å²) in [5.74, 6) is 0.888. The summed E-state index contributed by atoms with van der Waals surface area (Å²) < 4.78 is 7.21. The van der Waals surface area contributed by atoms with Crippen LogP contribution in [0.4, 0.5) is 0 Å². The fourth-order valence-corrected chi connectivity index (χ4v) is 1.97. The molecule has 0 saturated carbocycles. The van der Waals surface area contributed by atoms with E-state index in [9.17, 15) is 0 Å². The summed E-state index contributed by atoms with van der Waals surface area (Å²) in [6.07, 6.45) is 1.78. The Kier molecular flexibility index (Phi) is 3.94. The Morgan fingerprint density at radius 2 is 2.06 bits per heavy atom. The first-order valence-corrected chi connectivity index (χ1v) is 6.00. The number of hydrogen-bond donors (Lipinski definition) is 1. The molecule has 1 heterocycles. The summed E-state index contributed by atoms with van der Waals surface area (Å²) in [5, 5.41) is 11.1. The van der Waals surface area contributed by atoms with Crippen molar-refractivity contribution in [2.75, 3.05) is 13.7 Å². The van der Waals surface area contributed by atoms with Crippen LogP contribution in [0.1, 0.15) is 24.2 Å². The van der Waals surface area contributed by atoms with Gasteiger partial charge in [-0.25, -0.2) is 0 Å². The van der Waals surface area contributed by atoms with Crippen molar-refractivity contribution in [3.05, 3.63) is 41.7 Å². The first kappa shape index (κ1) is 12.6. The standard InChI is InChI=1S/C13H18N4O/c1-4-18-11-7-5-10(6-8-11)13(14-2)12-9-15-16-17(12)3/h5-9,13-14H,4H2,1-3H3. The molecular formula is C13H18N4O. The minimum Gasteiger partial charge on any atom is -0.494 e. The molecule has 5 heteroatoms. The van der Waals surface area contributed by atoms with E-state index < -0.39 is 0 Å². The van der Waals surface area contributed by atoms with Gasteiger partial charge >= 0.3 is 0 Å². The van der Waals surface area contributed by atoms with Crippen molar-refractivity contribution in [3.63, 3.8) is 0 Å². The molecular weight excluding hydrogens is 228 g/mol. The topological polar surface area (TPSA) is 52.0 Å². The molecule has 96 valence electrons. The molecule has 0 spiro atoms. The molecule has 0 amide bonds. The monoisotopic (exact) mass is 246 g/mol. The zero-order valence-electron chi connectivity index (χ0n) is 10.9. The van der Waals surface area contributed by atoms with E-state index in [0.29, 0.717) is 6.61 Å². The van der Waals surface area contributed by atoms with Gasteiger partial charge in [-0.05, 0) is 31.7 Å². The smallest absolute Gasteiger partial charge is 0.119 e. The molecule has 1 aromatic carbocycles. The second-order valence-corrected chi connectivity index (χ2v) is 4.01. The van der Waals surface area contributed by atoms with E-state index in [4.69, 9.17) is 4.74 Å². The van der Waals surface area contributed by atoms with Crippen LogP contribution in [-0.2, 0) is 7.05 Å². The Labute approximate surface area is 107 Å². The molecule has 0 radical (unpaired) electrons. The second kappa shape index (κ2) is 5.64. The average Bonchev–Trinajstić information content (AvgIpc) is 2.79. The van der Waals surface area contributed by atoms with Crippen molar-refractivity contribution in [2.24, 2.45) is 7.05 Å². The molecule has 0 aliphatic heterocycles. The highest BCUT2D eigenvalue weighted by atomic mass is 16.5. The number of ether oxygens (including phenoxy) is 1. The fraction of sp³-hybridized carbons (Fsp3) is 0.385. The highest BCUT2D eigenvalue weighted by Crippen LogP contribution is 2.22. The van der Waals surface area contributed by atoms with Gasteiger partial charge in [-0.2, -0.15) is 0 Å². The Morgan fingerprint density at radius 1 is 1.33 bits per heavy atom. The molecule has 2 rings (SSSR count). The van der Waals surface area contributed by atoms with Gasteiger partial charge in [0.2, 0.25) is 0 Å². The molecule has 1 atom stereocenters. The van der Waals surface area contributed by atoms with Crippen LogP contribution in [-0.4, -0.2) is 28.6 Å². The van der Waals surface area contributed by atoms with Crippen LogP contribution in [0, 0.1) is 0 Å². The predicted octanol–water partition coefficient (Wildman–Crippen LogP) is 1.52. The van der Waals surface area contributed by atoms with Gasteiger partial charge in [0.15, 0.2) is 0 Å². The summed E-state index contributed by atoms with van der Waals surface area (Å²) in [5.41, 5.74) is 2.19. The first-order valence-electron chi connectivity index (χ1n) is 6.00. The van der Waals surface area contributed by atoms with E-state index in [-0.39, 0.29) is 6.04 Å². The third-order valence-electron chi connectivity index (χ3n) is 2.86. The molecule has 5 nitrogen and oxygen atoms in total. The van der Waals surface area contributed by atoms with Crippen LogP contribution >= 0.6 is 0 Å². The van der Waals surface area contributed by atoms with E-state index in [2.05, 4.69) is 27.8 Å². The van der Waals surface area contributed by atoms with Crippen LogP contribution in [0.2, 0.25) is 0 Å². The molecule has 0 aliphatic carbocycles. The third kappa shape index (κ3) is 2.51. The number of nitrogens with one attached hydrogen (secondary N) is 1. The number of benzene rings is 1. The maximum absolute atomic E-state index is 5.44. The zero-order valence-corrected chi connectivity index (χ0v) is 10.9. The molecule has 1 N–H and O–H groups in total. The van der Waals surface area contributed by atoms with Crippen LogP contribution in [0.3, 0.4) is 0 Å². The molecule has 0 bridgehead atoms. The number of hydrogen-bond acceptors (Lipinski definition) is 4. The van der Waals surface area contributed by atoms with Gasteiger partial charge in [-0.3, -0.25) is 4.68 Å². The lowest BCUT2D eigenvalue weighted by Crippen LogP contribution is -2.20. The summed E-state index contributed by atoms with van der Waals surface area (Å²) >= 11 is 0. The predicted molar refractivity (Wildman–Crippen MR) is 69.5 cm³/mol. The SMILES string of the molecule is CCOc1ccc(C(NC)c2cnnn2C)cc1. The van der Waals surface area contributed by atoms with E-state index in [0.717, 1.165) is 17.0 Å². The van der Waals surface area contributed by atoms with E-state index in [1.54, 1.807) is 10.9 Å². The summed E-state index contributed by atoms with van der Waals surface area (Å²) in [6.45, 7) is 2.66. The Bertz CT molecular complexity index is 492. The molecule has 0 saturated heterocycles. The Balaban J connectivity index is 2.25. The van der Waals surface area contributed by atoms with Crippen molar-refractivity contribution in [3.8, 4) is 5.75 Å². The fourth-order valence-electron chi connectivity index (χ4n) is 1.97. The van der Waals surface area contributed by atoms with Crippen molar-refractivity contribution < 1.29 is 4.74 Å². The van der Waals surface area contributed by atoms with Crippen molar-refractivity contribution in [2.45, 2.75) is 13.0 Å². The van der Waals surface area contributed by atoms with Gasteiger partial charge in [0.25, 0.3) is 0 Å². The minimum absolute atomic E-state index is 0.0840. The molecule has 1 aromatic heterocycles. The van der Waals surface area contributed by atoms with Gasteiger partial charge in [0.05, 0.1) is 24.5 Å². The van der Waals surface area contributed by atoms with Gasteiger partial charge in [-0.1, -0.05) is 17.3 Å².